The summed E-state index contributed by atoms with van der Waals surface area (Å²) in [6, 6.07) is 4.22. The molecule has 6 nitrogen and oxygen atoms in total. The lowest BCUT2D eigenvalue weighted by atomic mass is 10.1. The van der Waals surface area contributed by atoms with Crippen molar-refractivity contribution in [1.82, 2.24) is 29.7 Å². The summed E-state index contributed by atoms with van der Waals surface area (Å²) >= 11 is 0. The molecule has 0 N–H and O–H groups in total. The molecule has 0 spiro atoms. The number of hydrogen-bond donors (Lipinski definition) is 0. The average Bonchev–Trinajstić information content (AvgIpc) is 3.02. The molecular formula is C20H22N6. The Kier molecular flexibility index (Phi) is 4.11. The molecule has 0 saturated heterocycles. The van der Waals surface area contributed by atoms with Crippen LogP contribution in [0, 0.1) is 0 Å². The first kappa shape index (κ1) is 16.6. The third-order valence-electron chi connectivity index (χ3n) is 4.55. The number of nitrogens with zero attached hydrogens (tertiary/aromatic N) is 6. The molecule has 4 heterocycles. The summed E-state index contributed by atoms with van der Waals surface area (Å²) in [4.78, 5) is 18.0. The summed E-state index contributed by atoms with van der Waals surface area (Å²) in [5.41, 5.74) is 5.50. The van der Waals surface area contributed by atoms with Gasteiger partial charge in [0.05, 0.1) is 18.4 Å². The van der Waals surface area contributed by atoms with Gasteiger partial charge in [-0.15, -0.1) is 0 Å². The lowest BCUT2D eigenvalue weighted by Gasteiger charge is -2.06. The van der Waals surface area contributed by atoms with Crippen LogP contribution in [0.25, 0.3) is 22.2 Å². The van der Waals surface area contributed by atoms with Gasteiger partial charge in [0.15, 0.2) is 11.3 Å². The fraction of sp³-hybridized carbons (Fsp3) is 0.350. The molecular weight excluding hydrogens is 324 g/mol. The second-order valence-corrected chi connectivity index (χ2v) is 7.29. The van der Waals surface area contributed by atoms with Gasteiger partial charge < -0.3 is 0 Å². The first-order chi connectivity index (χ1) is 12.5. The summed E-state index contributed by atoms with van der Waals surface area (Å²) in [5.74, 6) is 0.860. The smallest absolute Gasteiger partial charge is 0.181 e. The molecule has 0 aliphatic heterocycles. The van der Waals surface area contributed by atoms with Gasteiger partial charge >= 0.3 is 0 Å². The van der Waals surface area contributed by atoms with Crippen molar-refractivity contribution in [1.29, 1.82) is 0 Å². The van der Waals surface area contributed by atoms with E-state index < -0.39 is 0 Å². The highest BCUT2D eigenvalue weighted by molar-refractivity contribution is 5.74. The zero-order chi connectivity index (χ0) is 18.3. The maximum absolute atomic E-state index is 4.72. The molecule has 6 heteroatoms. The van der Waals surface area contributed by atoms with Crippen LogP contribution >= 0.6 is 0 Å². The van der Waals surface area contributed by atoms with Gasteiger partial charge in [0.25, 0.3) is 0 Å². The summed E-state index contributed by atoms with van der Waals surface area (Å²) in [7, 11) is 0. The SMILES string of the molecule is CC(C)c1cnc2nn(Cc3cnc4ncc(C(C)C)cc4n3)cc2c1. The normalized spacial score (nSPS) is 11.9. The van der Waals surface area contributed by atoms with E-state index in [0.717, 1.165) is 22.2 Å². The summed E-state index contributed by atoms with van der Waals surface area (Å²) < 4.78 is 1.87. The Balaban J connectivity index is 1.66. The fourth-order valence-electron chi connectivity index (χ4n) is 2.90. The Morgan fingerprint density at radius 2 is 1.50 bits per heavy atom. The van der Waals surface area contributed by atoms with E-state index in [1.54, 1.807) is 6.20 Å². The molecule has 0 saturated carbocycles. The standard InChI is InChI=1S/C20H22N6/c1-12(2)14-5-16-10-26(25-19(16)21-7-14)11-17-9-23-20-18(24-17)6-15(8-22-20)13(3)4/h5-10,12-13H,11H2,1-4H3. The van der Waals surface area contributed by atoms with Crippen LogP contribution in [0.1, 0.15) is 56.4 Å². The van der Waals surface area contributed by atoms with Crippen molar-refractivity contribution in [2.75, 3.05) is 0 Å². The van der Waals surface area contributed by atoms with Crippen LogP contribution in [0.5, 0.6) is 0 Å². The molecule has 0 fully saturated rings. The third-order valence-corrected chi connectivity index (χ3v) is 4.55. The number of pyridine rings is 2. The second kappa shape index (κ2) is 6.44. The Morgan fingerprint density at radius 1 is 0.846 bits per heavy atom. The van der Waals surface area contributed by atoms with Gasteiger partial charge in [0.2, 0.25) is 0 Å². The molecule has 0 aliphatic rings. The Bertz CT molecular complexity index is 1080. The van der Waals surface area contributed by atoms with E-state index in [4.69, 9.17) is 4.98 Å². The van der Waals surface area contributed by atoms with Crippen LogP contribution < -0.4 is 0 Å². The molecule has 132 valence electrons. The number of fused-ring (bicyclic) bond motifs is 2. The quantitative estimate of drug-likeness (QED) is 0.557. The largest absolute Gasteiger partial charge is 0.264 e. The van der Waals surface area contributed by atoms with Crippen molar-refractivity contribution in [3.63, 3.8) is 0 Å². The Hall–Kier alpha value is -2.89. The van der Waals surface area contributed by atoms with Gasteiger partial charge in [-0.1, -0.05) is 27.7 Å². The molecule has 0 aliphatic carbocycles. The maximum Gasteiger partial charge on any atom is 0.181 e. The highest BCUT2D eigenvalue weighted by atomic mass is 15.3. The fourth-order valence-corrected chi connectivity index (χ4v) is 2.90. The topological polar surface area (TPSA) is 69.4 Å². The molecule has 0 unspecified atom stereocenters. The van der Waals surface area contributed by atoms with Gasteiger partial charge in [0, 0.05) is 24.0 Å². The van der Waals surface area contributed by atoms with Gasteiger partial charge in [-0.25, -0.2) is 19.9 Å². The Labute approximate surface area is 152 Å². The first-order valence-corrected chi connectivity index (χ1v) is 8.94. The van der Waals surface area contributed by atoms with E-state index in [9.17, 15) is 0 Å². The van der Waals surface area contributed by atoms with Crippen LogP contribution in [0.4, 0.5) is 0 Å². The second-order valence-electron chi connectivity index (χ2n) is 7.29. The molecule has 0 bridgehead atoms. The van der Waals surface area contributed by atoms with E-state index in [-0.39, 0.29) is 0 Å². The zero-order valence-corrected chi connectivity index (χ0v) is 15.5. The van der Waals surface area contributed by atoms with Crippen molar-refractivity contribution in [2.24, 2.45) is 0 Å². The average molecular weight is 346 g/mol. The van der Waals surface area contributed by atoms with Gasteiger partial charge in [0.1, 0.15) is 5.52 Å². The third kappa shape index (κ3) is 3.14. The van der Waals surface area contributed by atoms with Crippen LogP contribution in [0.2, 0.25) is 0 Å². The predicted molar refractivity (Wildman–Crippen MR) is 102 cm³/mol. The molecule has 0 amide bonds. The van der Waals surface area contributed by atoms with E-state index in [0.29, 0.717) is 24.0 Å². The monoisotopic (exact) mass is 346 g/mol. The summed E-state index contributed by atoms with van der Waals surface area (Å²) in [5, 5.41) is 5.61. The lowest BCUT2D eigenvalue weighted by molar-refractivity contribution is 0.678. The minimum absolute atomic E-state index is 0.412. The van der Waals surface area contributed by atoms with Crippen molar-refractivity contribution < 1.29 is 0 Å². The minimum Gasteiger partial charge on any atom is -0.264 e. The van der Waals surface area contributed by atoms with Crippen molar-refractivity contribution in [2.45, 2.75) is 46.1 Å². The zero-order valence-electron chi connectivity index (χ0n) is 15.5. The number of aromatic nitrogens is 6. The van der Waals surface area contributed by atoms with Crippen molar-refractivity contribution in [3.8, 4) is 0 Å². The van der Waals surface area contributed by atoms with Crippen LogP contribution in [-0.2, 0) is 6.54 Å². The first-order valence-electron chi connectivity index (χ1n) is 8.94. The Morgan fingerprint density at radius 3 is 2.23 bits per heavy atom. The van der Waals surface area contributed by atoms with Crippen molar-refractivity contribution in [3.05, 3.63) is 53.7 Å². The highest BCUT2D eigenvalue weighted by Crippen LogP contribution is 2.19. The van der Waals surface area contributed by atoms with Gasteiger partial charge in [-0.05, 0) is 35.1 Å². The molecule has 26 heavy (non-hydrogen) atoms. The van der Waals surface area contributed by atoms with Crippen LogP contribution in [-0.4, -0.2) is 29.7 Å². The molecule has 4 rings (SSSR count). The number of hydrogen-bond acceptors (Lipinski definition) is 5. The van der Waals surface area contributed by atoms with Crippen LogP contribution in [0.15, 0.2) is 36.9 Å². The molecule has 4 aromatic rings. The van der Waals surface area contributed by atoms with Crippen molar-refractivity contribution >= 4 is 22.2 Å². The van der Waals surface area contributed by atoms with E-state index in [1.807, 2.05) is 23.3 Å². The van der Waals surface area contributed by atoms with E-state index in [2.05, 4.69) is 59.9 Å². The lowest BCUT2D eigenvalue weighted by Crippen LogP contribution is -2.04. The number of rotatable bonds is 4. The highest BCUT2D eigenvalue weighted by Gasteiger charge is 2.09. The molecule has 0 atom stereocenters. The predicted octanol–water partition coefficient (Wildman–Crippen LogP) is 4.06. The summed E-state index contributed by atoms with van der Waals surface area (Å²) in [6.45, 7) is 9.18. The van der Waals surface area contributed by atoms with E-state index in [1.165, 1.54) is 11.1 Å². The minimum atomic E-state index is 0.412. The molecule has 0 radical (unpaired) electrons. The van der Waals surface area contributed by atoms with E-state index >= 15 is 0 Å². The maximum atomic E-state index is 4.72. The summed E-state index contributed by atoms with van der Waals surface area (Å²) in [6.07, 6.45) is 7.56. The van der Waals surface area contributed by atoms with Gasteiger partial charge in [-0.2, -0.15) is 5.10 Å². The molecule has 4 aromatic heterocycles. The van der Waals surface area contributed by atoms with Crippen LogP contribution in [0.3, 0.4) is 0 Å². The van der Waals surface area contributed by atoms with Gasteiger partial charge in [-0.3, -0.25) is 4.68 Å². The molecule has 0 aromatic carbocycles.